The Morgan fingerprint density at radius 1 is 1.03 bits per heavy atom. The molecular formula is C21H30IN5O2S. The highest BCUT2D eigenvalue weighted by Gasteiger charge is 2.29. The first-order valence-corrected chi connectivity index (χ1v) is 11.2. The Hall–Kier alpha value is -1.69. The van der Waals surface area contributed by atoms with Gasteiger partial charge >= 0.3 is 0 Å². The van der Waals surface area contributed by atoms with Crippen LogP contribution in [0.25, 0.3) is 0 Å². The molecule has 0 saturated carbocycles. The van der Waals surface area contributed by atoms with Crippen molar-refractivity contribution in [2.75, 3.05) is 39.8 Å². The van der Waals surface area contributed by atoms with E-state index in [1.54, 1.807) is 22.5 Å². The molecule has 9 heteroatoms. The Kier molecular flexibility index (Phi) is 9.53. The summed E-state index contributed by atoms with van der Waals surface area (Å²) in [7, 11) is -1.54. The summed E-state index contributed by atoms with van der Waals surface area (Å²) >= 11 is 0. The van der Waals surface area contributed by atoms with Gasteiger partial charge in [-0.1, -0.05) is 48.5 Å². The van der Waals surface area contributed by atoms with Crippen LogP contribution in [-0.2, 0) is 23.0 Å². The first kappa shape index (κ1) is 24.6. The summed E-state index contributed by atoms with van der Waals surface area (Å²) in [5, 5.41) is 3.09. The fraction of sp³-hybridized carbons (Fsp3) is 0.381. The fourth-order valence-corrected chi connectivity index (χ4v) is 4.90. The number of hydrogen-bond donors (Lipinski definition) is 2. The third kappa shape index (κ3) is 6.66. The third-order valence-electron chi connectivity index (χ3n) is 5.04. The van der Waals surface area contributed by atoms with E-state index in [4.69, 9.17) is 5.73 Å². The van der Waals surface area contributed by atoms with Gasteiger partial charge in [0.25, 0.3) is 0 Å². The maximum absolute atomic E-state index is 13.1. The first-order chi connectivity index (χ1) is 14.0. The van der Waals surface area contributed by atoms with Crippen molar-refractivity contribution in [2.45, 2.75) is 17.9 Å². The Labute approximate surface area is 196 Å². The lowest BCUT2D eigenvalue weighted by Crippen LogP contribution is -2.47. The Balaban J connectivity index is 0.00000320. The minimum absolute atomic E-state index is 0. The van der Waals surface area contributed by atoms with Crippen LogP contribution in [0.3, 0.4) is 0 Å². The van der Waals surface area contributed by atoms with Crippen molar-refractivity contribution in [2.24, 2.45) is 10.7 Å². The highest BCUT2D eigenvalue weighted by atomic mass is 127. The molecule has 0 radical (unpaired) electrons. The summed E-state index contributed by atoms with van der Waals surface area (Å²) in [4.78, 5) is 6.79. The van der Waals surface area contributed by atoms with Gasteiger partial charge in [0, 0.05) is 32.7 Å². The summed E-state index contributed by atoms with van der Waals surface area (Å²) < 4.78 is 27.8. The van der Waals surface area contributed by atoms with Crippen LogP contribution < -0.4 is 11.1 Å². The maximum atomic E-state index is 13.1. The number of likely N-dealkylation sites (N-methyl/N-ethyl adjacent to an activating group) is 1. The van der Waals surface area contributed by atoms with E-state index in [2.05, 4.69) is 27.3 Å². The number of nitrogens with two attached hydrogens (primary N) is 1. The van der Waals surface area contributed by atoms with Crippen LogP contribution >= 0.6 is 24.0 Å². The van der Waals surface area contributed by atoms with E-state index in [1.165, 1.54) is 5.56 Å². The zero-order chi connectivity index (χ0) is 20.7. The van der Waals surface area contributed by atoms with Gasteiger partial charge in [-0.25, -0.2) is 13.4 Å². The van der Waals surface area contributed by atoms with Gasteiger partial charge < -0.3 is 16.0 Å². The van der Waals surface area contributed by atoms with Gasteiger partial charge in [0.1, 0.15) is 0 Å². The molecule has 2 aromatic carbocycles. The number of rotatable bonds is 7. The smallest absolute Gasteiger partial charge is 0.243 e. The quantitative estimate of drug-likeness (QED) is 0.316. The van der Waals surface area contributed by atoms with Gasteiger partial charge in [0.05, 0.1) is 11.4 Å². The topological polar surface area (TPSA) is 91.0 Å². The maximum Gasteiger partial charge on any atom is 0.243 e. The molecule has 2 aromatic rings. The molecule has 7 nitrogen and oxygen atoms in total. The van der Waals surface area contributed by atoms with Crippen molar-refractivity contribution in [1.29, 1.82) is 0 Å². The molecule has 1 heterocycles. The number of benzene rings is 2. The molecule has 1 aliphatic heterocycles. The predicted octanol–water partition coefficient (Wildman–Crippen LogP) is 1.89. The molecule has 1 aliphatic rings. The molecule has 0 bridgehead atoms. The monoisotopic (exact) mass is 543 g/mol. The number of sulfonamides is 1. The Bertz CT molecular complexity index is 929. The summed E-state index contributed by atoms with van der Waals surface area (Å²) in [6.45, 7) is 3.35. The van der Waals surface area contributed by atoms with E-state index < -0.39 is 10.0 Å². The zero-order valence-corrected chi connectivity index (χ0v) is 20.3. The van der Waals surface area contributed by atoms with Gasteiger partial charge in [-0.2, -0.15) is 4.31 Å². The lowest BCUT2D eigenvalue weighted by molar-refractivity contribution is 0.222. The Morgan fingerprint density at radius 2 is 1.67 bits per heavy atom. The normalized spacial score (nSPS) is 16.1. The van der Waals surface area contributed by atoms with Gasteiger partial charge in [-0.15, -0.1) is 24.0 Å². The lowest BCUT2D eigenvalue weighted by Gasteiger charge is -2.32. The SMILES string of the molecule is CN1CCN(S(=O)(=O)c2ccccc2CN=C(N)NCCc2ccccc2)CC1.I. The van der Waals surface area contributed by atoms with E-state index in [0.717, 1.165) is 19.5 Å². The van der Waals surface area contributed by atoms with Gasteiger partial charge in [-0.05, 0) is 30.7 Å². The number of guanidine groups is 1. The summed E-state index contributed by atoms with van der Waals surface area (Å²) in [6.07, 6.45) is 0.839. The van der Waals surface area contributed by atoms with Crippen molar-refractivity contribution < 1.29 is 8.42 Å². The molecule has 0 aromatic heterocycles. The molecule has 3 rings (SSSR count). The highest BCUT2D eigenvalue weighted by Crippen LogP contribution is 2.22. The van der Waals surface area contributed by atoms with E-state index >= 15 is 0 Å². The average Bonchev–Trinajstić information content (AvgIpc) is 2.73. The summed E-state index contributed by atoms with van der Waals surface area (Å²) in [5.74, 6) is 0.313. The largest absolute Gasteiger partial charge is 0.370 e. The number of nitrogens with one attached hydrogen (secondary N) is 1. The zero-order valence-electron chi connectivity index (χ0n) is 17.2. The molecular weight excluding hydrogens is 513 g/mol. The molecule has 30 heavy (non-hydrogen) atoms. The first-order valence-electron chi connectivity index (χ1n) is 9.81. The van der Waals surface area contributed by atoms with Crippen molar-refractivity contribution in [3.8, 4) is 0 Å². The second kappa shape index (κ2) is 11.6. The highest BCUT2D eigenvalue weighted by molar-refractivity contribution is 14.0. The van der Waals surface area contributed by atoms with Crippen LogP contribution in [0.4, 0.5) is 0 Å². The number of piperazine rings is 1. The molecule has 0 amide bonds. The van der Waals surface area contributed by atoms with Crippen molar-refractivity contribution >= 4 is 40.0 Å². The minimum atomic E-state index is -3.54. The van der Waals surface area contributed by atoms with Crippen LogP contribution in [0.5, 0.6) is 0 Å². The van der Waals surface area contributed by atoms with Crippen LogP contribution in [0.1, 0.15) is 11.1 Å². The molecule has 0 spiro atoms. The summed E-state index contributed by atoms with van der Waals surface area (Å²) in [5.41, 5.74) is 7.85. The van der Waals surface area contributed by atoms with Crippen LogP contribution in [-0.4, -0.2) is 63.4 Å². The molecule has 1 fully saturated rings. The molecule has 164 valence electrons. The number of halogens is 1. The number of aliphatic imine (C=N–C) groups is 1. The van der Waals surface area contributed by atoms with Crippen molar-refractivity contribution in [3.63, 3.8) is 0 Å². The number of hydrogen-bond acceptors (Lipinski definition) is 4. The molecule has 0 unspecified atom stereocenters. The number of nitrogens with zero attached hydrogens (tertiary/aromatic N) is 3. The fourth-order valence-electron chi connectivity index (χ4n) is 3.26. The third-order valence-corrected chi connectivity index (χ3v) is 7.03. The van der Waals surface area contributed by atoms with Crippen molar-refractivity contribution in [3.05, 3.63) is 65.7 Å². The molecule has 0 aliphatic carbocycles. The van der Waals surface area contributed by atoms with Gasteiger partial charge in [0.2, 0.25) is 10.0 Å². The van der Waals surface area contributed by atoms with Gasteiger partial charge in [0.15, 0.2) is 5.96 Å². The molecule has 3 N–H and O–H groups in total. The Morgan fingerprint density at radius 3 is 2.37 bits per heavy atom. The average molecular weight is 543 g/mol. The van der Waals surface area contributed by atoms with Crippen molar-refractivity contribution in [1.82, 2.24) is 14.5 Å². The van der Waals surface area contributed by atoms with E-state index in [0.29, 0.717) is 36.1 Å². The second-order valence-corrected chi connectivity index (χ2v) is 9.09. The second-order valence-electron chi connectivity index (χ2n) is 7.18. The molecule has 1 saturated heterocycles. The van der Waals surface area contributed by atoms with E-state index in [-0.39, 0.29) is 30.5 Å². The minimum Gasteiger partial charge on any atom is -0.370 e. The van der Waals surface area contributed by atoms with E-state index in [1.807, 2.05) is 31.3 Å². The van der Waals surface area contributed by atoms with Crippen LogP contribution in [0.15, 0.2) is 64.5 Å². The van der Waals surface area contributed by atoms with Crippen LogP contribution in [0, 0.1) is 0 Å². The lowest BCUT2D eigenvalue weighted by atomic mass is 10.1. The molecule has 0 atom stereocenters. The standard InChI is InChI=1S/C21H29N5O2S.HI/c1-25-13-15-26(16-14-25)29(27,28)20-10-6-5-9-19(20)17-24-21(22)23-12-11-18-7-3-2-4-8-18;/h2-10H,11-17H2,1H3,(H3,22,23,24);1H. The van der Waals surface area contributed by atoms with E-state index in [9.17, 15) is 8.42 Å². The predicted molar refractivity (Wildman–Crippen MR) is 132 cm³/mol. The summed E-state index contributed by atoms with van der Waals surface area (Å²) in [6, 6.07) is 17.1. The van der Waals surface area contributed by atoms with Crippen LogP contribution in [0.2, 0.25) is 0 Å². The van der Waals surface area contributed by atoms with Gasteiger partial charge in [-0.3, -0.25) is 0 Å².